The average molecular weight is 368 g/mol. The first kappa shape index (κ1) is 17.8. The molecule has 132 valence electrons. The summed E-state index contributed by atoms with van der Waals surface area (Å²) in [5.74, 6) is 0. The summed E-state index contributed by atoms with van der Waals surface area (Å²) in [6.45, 7) is 2.02. The largest absolute Gasteiger partial charge is 0.416 e. The van der Waals surface area contributed by atoms with Gasteiger partial charge in [-0.1, -0.05) is 61.0 Å². The molecule has 25 heavy (non-hydrogen) atoms. The summed E-state index contributed by atoms with van der Waals surface area (Å²) in [5.41, 5.74) is 1.03. The molecule has 2 atom stereocenters. The van der Waals surface area contributed by atoms with Crippen LogP contribution >= 0.6 is 11.6 Å². The summed E-state index contributed by atoms with van der Waals surface area (Å²) in [4.78, 5) is 5.65. The maximum atomic E-state index is 12.8. The van der Waals surface area contributed by atoms with Crippen molar-refractivity contribution >= 4 is 11.6 Å². The van der Waals surface area contributed by atoms with Crippen molar-refractivity contribution in [2.45, 2.75) is 31.6 Å². The van der Waals surface area contributed by atoms with Crippen LogP contribution < -0.4 is 0 Å². The van der Waals surface area contributed by atoms with Crippen LogP contribution in [-0.4, -0.2) is 5.06 Å². The number of alkyl halides is 3. The molecule has 0 fully saturated rings. The fourth-order valence-corrected chi connectivity index (χ4v) is 3.27. The minimum Gasteiger partial charge on any atom is -0.411 e. The van der Waals surface area contributed by atoms with E-state index in [1.807, 2.05) is 37.3 Å². The van der Waals surface area contributed by atoms with Gasteiger partial charge in [0.2, 0.25) is 0 Å². The van der Waals surface area contributed by atoms with Crippen LogP contribution in [0.4, 0.5) is 13.2 Å². The SMILES string of the molecule is CCC(c1ccccc1)N1OC=C(Cl)C1c1ccc(C(F)(F)F)cc1. The van der Waals surface area contributed by atoms with Crippen LogP contribution in [0.5, 0.6) is 0 Å². The molecule has 0 radical (unpaired) electrons. The molecular weight excluding hydrogens is 351 g/mol. The molecule has 1 aliphatic heterocycles. The Bertz CT molecular complexity index is 744. The van der Waals surface area contributed by atoms with Gasteiger partial charge in [0.15, 0.2) is 0 Å². The van der Waals surface area contributed by atoms with Gasteiger partial charge in [0.1, 0.15) is 12.3 Å². The minimum atomic E-state index is -4.36. The highest BCUT2D eigenvalue weighted by Crippen LogP contribution is 2.43. The Morgan fingerprint density at radius 2 is 1.72 bits per heavy atom. The van der Waals surface area contributed by atoms with Gasteiger partial charge in [-0.15, -0.1) is 5.06 Å². The molecule has 0 aliphatic carbocycles. The molecule has 0 N–H and O–H groups in total. The van der Waals surface area contributed by atoms with E-state index in [2.05, 4.69) is 0 Å². The predicted molar refractivity (Wildman–Crippen MR) is 90.5 cm³/mol. The first-order valence-electron chi connectivity index (χ1n) is 7.94. The molecule has 0 spiro atoms. The Morgan fingerprint density at radius 1 is 1.08 bits per heavy atom. The van der Waals surface area contributed by atoms with Gasteiger partial charge in [0, 0.05) is 0 Å². The summed E-state index contributed by atoms with van der Waals surface area (Å²) in [7, 11) is 0. The van der Waals surface area contributed by atoms with Gasteiger partial charge in [0.25, 0.3) is 0 Å². The number of nitrogens with zero attached hydrogens (tertiary/aromatic N) is 1. The summed E-state index contributed by atoms with van der Waals surface area (Å²) < 4.78 is 38.3. The number of benzene rings is 2. The monoisotopic (exact) mass is 367 g/mol. The number of hydrogen-bond acceptors (Lipinski definition) is 2. The molecule has 0 amide bonds. The normalized spacial score (nSPS) is 19.4. The summed E-state index contributed by atoms with van der Waals surface area (Å²) in [5, 5.41) is 2.18. The van der Waals surface area contributed by atoms with Crippen LogP contribution in [0.2, 0.25) is 0 Å². The quantitative estimate of drug-likeness (QED) is 0.635. The van der Waals surface area contributed by atoms with E-state index in [1.54, 1.807) is 5.06 Å². The number of rotatable bonds is 4. The van der Waals surface area contributed by atoms with E-state index in [4.69, 9.17) is 16.4 Å². The Morgan fingerprint density at radius 3 is 2.28 bits per heavy atom. The Hall–Kier alpha value is -1.98. The summed E-state index contributed by atoms with van der Waals surface area (Å²) >= 11 is 6.30. The summed E-state index contributed by atoms with van der Waals surface area (Å²) in [6.07, 6.45) is -2.16. The van der Waals surface area contributed by atoms with Gasteiger partial charge in [0.05, 0.1) is 16.6 Å². The van der Waals surface area contributed by atoms with Crippen molar-refractivity contribution in [2.75, 3.05) is 0 Å². The van der Waals surface area contributed by atoms with Crippen LogP contribution in [0.15, 0.2) is 65.9 Å². The highest BCUT2D eigenvalue weighted by molar-refractivity contribution is 6.30. The van der Waals surface area contributed by atoms with E-state index in [0.717, 1.165) is 24.1 Å². The van der Waals surface area contributed by atoms with Gasteiger partial charge >= 0.3 is 6.18 Å². The van der Waals surface area contributed by atoms with E-state index in [0.29, 0.717) is 10.6 Å². The Labute approximate surface area is 149 Å². The van der Waals surface area contributed by atoms with Crippen LogP contribution in [0.1, 0.15) is 42.1 Å². The first-order chi connectivity index (χ1) is 11.9. The lowest BCUT2D eigenvalue weighted by molar-refractivity contribution is -0.143. The Balaban J connectivity index is 1.91. The van der Waals surface area contributed by atoms with E-state index < -0.39 is 17.8 Å². The number of hydrogen-bond donors (Lipinski definition) is 0. The van der Waals surface area contributed by atoms with Crippen molar-refractivity contribution in [3.05, 3.63) is 82.6 Å². The van der Waals surface area contributed by atoms with E-state index in [9.17, 15) is 13.2 Å². The first-order valence-corrected chi connectivity index (χ1v) is 8.32. The van der Waals surface area contributed by atoms with Crippen LogP contribution in [0, 0.1) is 0 Å². The maximum absolute atomic E-state index is 12.8. The second-order valence-corrected chi connectivity index (χ2v) is 6.26. The highest BCUT2D eigenvalue weighted by atomic mass is 35.5. The number of hydroxylamine groups is 2. The van der Waals surface area contributed by atoms with E-state index in [-0.39, 0.29) is 6.04 Å². The van der Waals surface area contributed by atoms with Gasteiger partial charge < -0.3 is 4.84 Å². The third-order valence-electron chi connectivity index (χ3n) is 4.23. The van der Waals surface area contributed by atoms with Gasteiger partial charge in [-0.05, 0) is 29.7 Å². The highest BCUT2D eigenvalue weighted by Gasteiger charge is 2.37. The van der Waals surface area contributed by atoms with Gasteiger partial charge in [-0.25, -0.2) is 0 Å². The molecule has 1 heterocycles. The third kappa shape index (κ3) is 3.67. The molecule has 2 aromatic rings. The fraction of sp³-hybridized carbons (Fsp3) is 0.263. The molecule has 0 saturated carbocycles. The molecule has 3 rings (SSSR count). The second-order valence-electron chi connectivity index (χ2n) is 5.83. The van der Waals surface area contributed by atoms with Crippen molar-refractivity contribution in [1.82, 2.24) is 5.06 Å². The van der Waals surface area contributed by atoms with E-state index >= 15 is 0 Å². The molecule has 2 aromatic carbocycles. The fourth-order valence-electron chi connectivity index (χ4n) is 3.01. The molecule has 2 nitrogen and oxygen atoms in total. The lowest BCUT2D eigenvalue weighted by Gasteiger charge is -2.31. The summed E-state index contributed by atoms with van der Waals surface area (Å²) in [6, 6.07) is 14.3. The minimum absolute atomic E-state index is 0.0685. The molecule has 2 unspecified atom stereocenters. The topological polar surface area (TPSA) is 12.5 Å². The third-order valence-corrected chi connectivity index (χ3v) is 4.53. The van der Waals surface area contributed by atoms with Crippen LogP contribution in [-0.2, 0) is 11.0 Å². The van der Waals surface area contributed by atoms with Crippen molar-refractivity contribution in [3.8, 4) is 0 Å². The Kier molecular flexibility index (Phi) is 5.06. The molecule has 0 aromatic heterocycles. The number of halogens is 4. The van der Waals surface area contributed by atoms with Crippen molar-refractivity contribution in [3.63, 3.8) is 0 Å². The zero-order chi connectivity index (χ0) is 18.0. The van der Waals surface area contributed by atoms with Crippen molar-refractivity contribution in [2.24, 2.45) is 0 Å². The zero-order valence-corrected chi connectivity index (χ0v) is 14.3. The van der Waals surface area contributed by atoms with Crippen molar-refractivity contribution < 1.29 is 18.0 Å². The maximum Gasteiger partial charge on any atom is 0.416 e. The van der Waals surface area contributed by atoms with E-state index in [1.165, 1.54) is 18.4 Å². The van der Waals surface area contributed by atoms with Gasteiger partial charge in [-0.2, -0.15) is 13.2 Å². The zero-order valence-electron chi connectivity index (χ0n) is 13.5. The lowest BCUT2D eigenvalue weighted by Crippen LogP contribution is -2.28. The van der Waals surface area contributed by atoms with Gasteiger partial charge in [-0.3, -0.25) is 0 Å². The molecule has 1 aliphatic rings. The van der Waals surface area contributed by atoms with Crippen LogP contribution in [0.3, 0.4) is 0 Å². The predicted octanol–water partition coefficient (Wildman–Crippen LogP) is 6.23. The van der Waals surface area contributed by atoms with Crippen molar-refractivity contribution in [1.29, 1.82) is 0 Å². The lowest BCUT2D eigenvalue weighted by atomic mass is 9.99. The van der Waals surface area contributed by atoms with Crippen LogP contribution in [0.25, 0.3) is 0 Å². The smallest absolute Gasteiger partial charge is 0.411 e. The molecular formula is C19H17ClF3NO. The molecule has 0 saturated heterocycles. The molecule has 0 bridgehead atoms. The average Bonchev–Trinajstić information content (AvgIpc) is 2.97. The molecule has 6 heteroatoms. The second kappa shape index (κ2) is 7.10. The standard InChI is InChI=1S/C19H17ClF3NO/c1-2-17(13-6-4-3-5-7-13)24-18(16(20)12-25-24)14-8-10-15(11-9-14)19(21,22)23/h3-12,17-18H,2H2,1H3.